The number of halogens is 2. The molecule has 0 radical (unpaired) electrons. The van der Waals surface area contributed by atoms with Crippen LogP contribution in [0.25, 0.3) is 0 Å². The largest absolute Gasteiger partial charge is 0.497 e. The smallest absolute Gasteiger partial charge is 0.128 e. The fraction of sp³-hybridized carbons (Fsp3) is 0.294. The van der Waals surface area contributed by atoms with Crippen LogP contribution in [0.15, 0.2) is 42.5 Å². The zero-order valence-electron chi connectivity index (χ0n) is 12.4. The van der Waals surface area contributed by atoms with E-state index >= 15 is 0 Å². The number of ether oxygens (including phenoxy) is 1. The third-order valence-corrected chi connectivity index (χ3v) is 3.52. The van der Waals surface area contributed by atoms with Gasteiger partial charge in [0.1, 0.15) is 17.4 Å². The Labute approximate surface area is 123 Å². The second kappa shape index (κ2) is 6.68. The lowest BCUT2D eigenvalue weighted by Gasteiger charge is -2.21. The minimum Gasteiger partial charge on any atom is -0.497 e. The van der Waals surface area contributed by atoms with E-state index in [1.165, 1.54) is 6.07 Å². The summed E-state index contributed by atoms with van der Waals surface area (Å²) in [5, 5.41) is 3.27. The lowest BCUT2D eigenvalue weighted by molar-refractivity contribution is 0.412. The van der Waals surface area contributed by atoms with Crippen molar-refractivity contribution in [2.75, 3.05) is 7.11 Å². The van der Waals surface area contributed by atoms with Crippen molar-refractivity contribution < 1.29 is 13.5 Å². The molecule has 112 valence electrons. The van der Waals surface area contributed by atoms with Crippen molar-refractivity contribution in [1.29, 1.82) is 0 Å². The molecule has 0 heterocycles. The molecule has 2 unspecified atom stereocenters. The molecule has 2 nitrogen and oxygen atoms in total. The van der Waals surface area contributed by atoms with Crippen molar-refractivity contribution in [3.63, 3.8) is 0 Å². The Kier molecular flexibility index (Phi) is 4.91. The molecule has 0 spiro atoms. The molecule has 0 aliphatic rings. The Bertz CT molecular complexity index is 615. The molecule has 2 aromatic carbocycles. The van der Waals surface area contributed by atoms with Gasteiger partial charge in [0, 0.05) is 17.6 Å². The van der Waals surface area contributed by atoms with Gasteiger partial charge in [0.05, 0.1) is 7.11 Å². The topological polar surface area (TPSA) is 21.3 Å². The molecular weight excluding hydrogens is 272 g/mol. The summed E-state index contributed by atoms with van der Waals surface area (Å²) in [5.74, 6) is -0.0749. The van der Waals surface area contributed by atoms with Crippen molar-refractivity contribution in [1.82, 2.24) is 5.32 Å². The lowest BCUT2D eigenvalue weighted by atomic mass is 10.0. The van der Waals surface area contributed by atoms with Crippen molar-refractivity contribution in [3.8, 4) is 5.75 Å². The number of methoxy groups -OCH3 is 1. The van der Waals surface area contributed by atoms with Gasteiger partial charge in [0.15, 0.2) is 0 Å². The van der Waals surface area contributed by atoms with Crippen LogP contribution in [0.1, 0.15) is 37.1 Å². The standard InChI is InChI=1S/C17H19F2NO/c1-11(13-5-4-6-15(9-13)21-3)20-12(2)16-10-14(18)7-8-17(16)19/h4-12,20H,1-3H3. The van der Waals surface area contributed by atoms with Gasteiger partial charge >= 0.3 is 0 Å². The zero-order chi connectivity index (χ0) is 15.4. The van der Waals surface area contributed by atoms with Gasteiger partial charge in [-0.25, -0.2) is 8.78 Å². The van der Waals surface area contributed by atoms with Gasteiger partial charge in [-0.2, -0.15) is 0 Å². The van der Waals surface area contributed by atoms with E-state index in [-0.39, 0.29) is 12.1 Å². The van der Waals surface area contributed by atoms with Gasteiger partial charge in [0.2, 0.25) is 0 Å². The molecule has 0 aromatic heterocycles. The van der Waals surface area contributed by atoms with Gasteiger partial charge < -0.3 is 10.1 Å². The highest BCUT2D eigenvalue weighted by atomic mass is 19.1. The summed E-state index contributed by atoms with van der Waals surface area (Å²) in [6, 6.07) is 10.8. The van der Waals surface area contributed by atoms with E-state index in [0.717, 1.165) is 23.4 Å². The van der Waals surface area contributed by atoms with E-state index in [1.54, 1.807) is 7.11 Å². The monoisotopic (exact) mass is 291 g/mol. The molecule has 0 fully saturated rings. The lowest BCUT2D eigenvalue weighted by Crippen LogP contribution is -2.23. The van der Waals surface area contributed by atoms with Crippen molar-refractivity contribution in [2.45, 2.75) is 25.9 Å². The first-order valence-corrected chi connectivity index (χ1v) is 6.86. The van der Waals surface area contributed by atoms with Crippen LogP contribution in [0.3, 0.4) is 0 Å². The second-order valence-electron chi connectivity index (χ2n) is 5.05. The first-order chi connectivity index (χ1) is 10.0. The summed E-state index contributed by atoms with van der Waals surface area (Å²) in [5.41, 5.74) is 1.35. The van der Waals surface area contributed by atoms with E-state index < -0.39 is 11.6 Å². The molecule has 2 aromatic rings. The fourth-order valence-corrected chi connectivity index (χ4v) is 2.32. The number of benzene rings is 2. The molecule has 1 N–H and O–H groups in total. The van der Waals surface area contributed by atoms with E-state index in [9.17, 15) is 8.78 Å². The molecular formula is C17H19F2NO. The second-order valence-corrected chi connectivity index (χ2v) is 5.05. The molecule has 0 bridgehead atoms. The summed E-state index contributed by atoms with van der Waals surface area (Å²) in [4.78, 5) is 0. The average molecular weight is 291 g/mol. The summed E-state index contributed by atoms with van der Waals surface area (Å²) in [6.45, 7) is 3.79. The molecule has 4 heteroatoms. The van der Waals surface area contributed by atoms with Crippen molar-refractivity contribution in [2.24, 2.45) is 0 Å². The minimum absolute atomic E-state index is 0.0160. The fourth-order valence-electron chi connectivity index (χ4n) is 2.32. The Balaban J connectivity index is 2.14. The Morgan fingerprint density at radius 2 is 1.76 bits per heavy atom. The molecule has 0 amide bonds. The van der Waals surface area contributed by atoms with Gasteiger partial charge in [-0.15, -0.1) is 0 Å². The van der Waals surface area contributed by atoms with E-state index in [1.807, 2.05) is 38.1 Å². The average Bonchev–Trinajstić information content (AvgIpc) is 2.49. The summed E-state index contributed by atoms with van der Waals surface area (Å²) >= 11 is 0. The highest BCUT2D eigenvalue weighted by Gasteiger charge is 2.15. The van der Waals surface area contributed by atoms with Crippen LogP contribution < -0.4 is 10.1 Å². The number of hydrogen-bond acceptors (Lipinski definition) is 2. The molecule has 0 saturated heterocycles. The number of hydrogen-bond donors (Lipinski definition) is 1. The van der Waals surface area contributed by atoms with Gasteiger partial charge in [-0.3, -0.25) is 0 Å². The molecule has 0 aliphatic heterocycles. The van der Waals surface area contributed by atoms with E-state index in [0.29, 0.717) is 5.56 Å². The Morgan fingerprint density at radius 1 is 1.00 bits per heavy atom. The summed E-state index contributed by atoms with van der Waals surface area (Å²) < 4.78 is 32.2. The Morgan fingerprint density at radius 3 is 2.48 bits per heavy atom. The van der Waals surface area contributed by atoms with Crippen molar-refractivity contribution in [3.05, 3.63) is 65.2 Å². The normalized spacial score (nSPS) is 13.8. The van der Waals surface area contributed by atoms with Crippen molar-refractivity contribution >= 4 is 0 Å². The van der Waals surface area contributed by atoms with Crippen LogP contribution in [0, 0.1) is 11.6 Å². The van der Waals surface area contributed by atoms with Gasteiger partial charge in [0.25, 0.3) is 0 Å². The van der Waals surface area contributed by atoms with Crippen LogP contribution in [0.4, 0.5) is 8.78 Å². The maximum Gasteiger partial charge on any atom is 0.128 e. The quantitative estimate of drug-likeness (QED) is 0.882. The molecule has 21 heavy (non-hydrogen) atoms. The van der Waals surface area contributed by atoms with Gasteiger partial charge in [-0.1, -0.05) is 12.1 Å². The molecule has 2 atom stereocenters. The Hall–Kier alpha value is -1.94. The molecule has 0 aliphatic carbocycles. The predicted octanol–water partition coefficient (Wildman–Crippen LogP) is 4.39. The highest BCUT2D eigenvalue weighted by molar-refractivity contribution is 5.30. The van der Waals surface area contributed by atoms with Crippen LogP contribution in [0.5, 0.6) is 5.75 Å². The first kappa shape index (κ1) is 15.4. The summed E-state index contributed by atoms with van der Waals surface area (Å²) in [7, 11) is 1.61. The van der Waals surface area contributed by atoms with E-state index in [4.69, 9.17) is 4.74 Å². The highest BCUT2D eigenvalue weighted by Crippen LogP contribution is 2.24. The van der Waals surface area contributed by atoms with E-state index in [2.05, 4.69) is 5.32 Å². The third kappa shape index (κ3) is 3.79. The van der Waals surface area contributed by atoms with Crippen LogP contribution in [-0.4, -0.2) is 7.11 Å². The minimum atomic E-state index is -0.436. The number of nitrogens with one attached hydrogen (secondary N) is 1. The van der Waals surface area contributed by atoms with Crippen LogP contribution in [-0.2, 0) is 0 Å². The maximum atomic E-state index is 13.8. The maximum absolute atomic E-state index is 13.8. The first-order valence-electron chi connectivity index (χ1n) is 6.86. The van der Waals surface area contributed by atoms with Gasteiger partial charge in [-0.05, 0) is 49.7 Å². The zero-order valence-corrected chi connectivity index (χ0v) is 12.4. The van der Waals surface area contributed by atoms with Crippen LogP contribution >= 0.6 is 0 Å². The predicted molar refractivity (Wildman–Crippen MR) is 79.3 cm³/mol. The molecule has 2 rings (SSSR count). The summed E-state index contributed by atoms with van der Waals surface area (Å²) in [6.07, 6.45) is 0. The SMILES string of the molecule is COc1cccc(C(C)NC(C)c2cc(F)ccc2F)c1. The number of rotatable bonds is 5. The molecule has 0 saturated carbocycles. The third-order valence-electron chi connectivity index (χ3n) is 3.52. The van der Waals surface area contributed by atoms with Crippen LogP contribution in [0.2, 0.25) is 0 Å².